The number of fused-ring (bicyclic) bond motifs is 3. The highest BCUT2D eigenvalue weighted by Gasteiger charge is 2.32. The SMILES string of the molecule is O=C(CSC1=Nc2ccccc2C2CC=NN12)NCc1cccs1. The quantitative estimate of drug-likeness (QED) is 0.912. The van der Waals surface area contributed by atoms with Crippen LogP contribution in [0.4, 0.5) is 5.69 Å². The minimum Gasteiger partial charge on any atom is -0.350 e. The van der Waals surface area contributed by atoms with E-state index in [9.17, 15) is 4.79 Å². The summed E-state index contributed by atoms with van der Waals surface area (Å²) in [5.41, 5.74) is 2.17. The molecule has 1 N–H and O–H groups in total. The molecule has 1 aromatic heterocycles. The van der Waals surface area contributed by atoms with Gasteiger partial charge in [0.05, 0.1) is 24.0 Å². The number of nitrogens with one attached hydrogen (secondary N) is 1. The third-order valence-corrected chi connectivity index (χ3v) is 5.73. The molecule has 0 radical (unpaired) electrons. The number of benzene rings is 1. The van der Waals surface area contributed by atoms with Crippen molar-refractivity contribution in [3.05, 3.63) is 52.2 Å². The van der Waals surface area contributed by atoms with Crippen molar-refractivity contribution in [2.24, 2.45) is 10.1 Å². The molecule has 2 aliphatic rings. The maximum Gasteiger partial charge on any atom is 0.230 e. The molecule has 4 rings (SSSR count). The van der Waals surface area contributed by atoms with Crippen LogP contribution < -0.4 is 5.32 Å². The molecule has 3 heterocycles. The summed E-state index contributed by atoms with van der Waals surface area (Å²) < 4.78 is 0. The van der Waals surface area contributed by atoms with Crippen LogP contribution in [0, 0.1) is 0 Å². The van der Waals surface area contributed by atoms with Gasteiger partial charge in [0.25, 0.3) is 0 Å². The number of hydrogen-bond acceptors (Lipinski definition) is 6. The predicted octanol–water partition coefficient (Wildman–Crippen LogP) is 3.53. The first-order valence-electron chi connectivity index (χ1n) is 7.72. The topological polar surface area (TPSA) is 57.1 Å². The second-order valence-electron chi connectivity index (χ2n) is 5.49. The summed E-state index contributed by atoms with van der Waals surface area (Å²) in [5.74, 6) is 0.347. The Bertz CT molecular complexity index is 801. The molecule has 2 aliphatic heterocycles. The van der Waals surface area contributed by atoms with Gasteiger partial charge >= 0.3 is 0 Å². The molecule has 0 spiro atoms. The lowest BCUT2D eigenvalue weighted by molar-refractivity contribution is -0.118. The Balaban J connectivity index is 1.41. The highest BCUT2D eigenvalue weighted by atomic mass is 32.2. The highest BCUT2D eigenvalue weighted by Crippen LogP contribution is 2.40. The van der Waals surface area contributed by atoms with Gasteiger partial charge in [-0.25, -0.2) is 10.0 Å². The maximum atomic E-state index is 12.1. The van der Waals surface area contributed by atoms with Crippen molar-refractivity contribution in [2.45, 2.75) is 19.0 Å². The summed E-state index contributed by atoms with van der Waals surface area (Å²) in [7, 11) is 0. The molecular formula is C17H16N4OS2. The number of thiophene rings is 1. The van der Waals surface area contributed by atoms with Crippen LogP contribution in [-0.2, 0) is 11.3 Å². The third kappa shape index (κ3) is 3.09. The van der Waals surface area contributed by atoms with Crippen LogP contribution >= 0.6 is 23.1 Å². The average molecular weight is 356 g/mol. The summed E-state index contributed by atoms with van der Waals surface area (Å²) in [6.45, 7) is 0.580. The van der Waals surface area contributed by atoms with Gasteiger partial charge in [0.1, 0.15) is 0 Å². The molecule has 1 amide bonds. The van der Waals surface area contributed by atoms with Crippen LogP contribution in [0.15, 0.2) is 51.9 Å². The van der Waals surface area contributed by atoms with Gasteiger partial charge in [-0.3, -0.25) is 4.79 Å². The van der Waals surface area contributed by atoms with E-state index < -0.39 is 0 Å². The van der Waals surface area contributed by atoms with Gasteiger partial charge in [0.2, 0.25) is 5.91 Å². The smallest absolute Gasteiger partial charge is 0.230 e. The molecule has 0 bridgehead atoms. The number of amidine groups is 1. The fourth-order valence-electron chi connectivity index (χ4n) is 2.76. The summed E-state index contributed by atoms with van der Waals surface area (Å²) in [5, 5.41) is 12.1. The Kier molecular flexibility index (Phi) is 4.36. The highest BCUT2D eigenvalue weighted by molar-refractivity contribution is 8.14. The van der Waals surface area contributed by atoms with Gasteiger partial charge in [0.15, 0.2) is 5.17 Å². The van der Waals surface area contributed by atoms with Crippen LogP contribution in [0.1, 0.15) is 22.9 Å². The number of rotatable bonds is 4. The first-order chi connectivity index (χ1) is 11.8. The zero-order chi connectivity index (χ0) is 16.4. The molecule has 1 unspecified atom stereocenters. The number of carbonyl (C=O) groups excluding carboxylic acids is 1. The minimum atomic E-state index is 0.00897. The van der Waals surface area contributed by atoms with Crippen molar-refractivity contribution in [2.75, 3.05) is 5.75 Å². The van der Waals surface area contributed by atoms with E-state index in [2.05, 4.69) is 21.5 Å². The van der Waals surface area contributed by atoms with Crippen molar-refractivity contribution in [1.82, 2.24) is 10.3 Å². The second kappa shape index (κ2) is 6.78. The standard InChI is InChI=1S/C17H16N4OS2/c22-16(18-10-12-4-3-9-23-12)11-24-17-20-14-6-2-1-5-13(14)15-7-8-19-21(15)17/h1-6,8-9,15H,7,10-11H2,(H,18,22). The van der Waals surface area contributed by atoms with E-state index in [0.29, 0.717) is 12.3 Å². The maximum absolute atomic E-state index is 12.1. The molecule has 0 saturated carbocycles. The summed E-state index contributed by atoms with van der Waals surface area (Å²) in [6, 6.07) is 12.3. The van der Waals surface area contributed by atoms with E-state index in [-0.39, 0.29) is 11.9 Å². The van der Waals surface area contributed by atoms with E-state index in [1.165, 1.54) is 17.3 Å². The molecule has 2 aromatic rings. The Morgan fingerprint density at radius 3 is 3.12 bits per heavy atom. The lowest BCUT2D eigenvalue weighted by Crippen LogP contribution is -2.30. The number of thioether (sulfide) groups is 1. The zero-order valence-corrected chi connectivity index (χ0v) is 14.5. The van der Waals surface area contributed by atoms with Crippen molar-refractivity contribution < 1.29 is 4.79 Å². The molecule has 7 heteroatoms. The number of hydrazone groups is 1. The molecule has 0 saturated heterocycles. The van der Waals surface area contributed by atoms with E-state index in [1.54, 1.807) is 11.3 Å². The Hall–Kier alpha value is -2.12. The summed E-state index contributed by atoms with van der Waals surface area (Å²) >= 11 is 3.08. The van der Waals surface area contributed by atoms with E-state index in [0.717, 1.165) is 22.2 Å². The fraction of sp³-hybridized carbons (Fsp3) is 0.235. The van der Waals surface area contributed by atoms with Crippen LogP contribution in [0.3, 0.4) is 0 Å². The first kappa shape index (κ1) is 15.4. The first-order valence-corrected chi connectivity index (χ1v) is 9.59. The minimum absolute atomic E-state index is 0.00897. The number of carbonyl (C=O) groups is 1. The number of amides is 1. The molecule has 24 heavy (non-hydrogen) atoms. The number of aliphatic imine (C=N–C) groups is 1. The molecule has 0 aliphatic carbocycles. The monoisotopic (exact) mass is 356 g/mol. The zero-order valence-electron chi connectivity index (χ0n) is 12.9. The van der Waals surface area contributed by atoms with Gasteiger partial charge in [-0.2, -0.15) is 5.10 Å². The molecule has 1 aromatic carbocycles. The Morgan fingerprint density at radius 1 is 1.33 bits per heavy atom. The van der Waals surface area contributed by atoms with Gasteiger partial charge < -0.3 is 5.32 Å². The second-order valence-corrected chi connectivity index (χ2v) is 7.47. The number of nitrogens with zero attached hydrogens (tertiary/aromatic N) is 3. The number of hydrogen-bond donors (Lipinski definition) is 1. The fourth-order valence-corrected chi connectivity index (χ4v) is 4.24. The number of para-hydroxylation sites is 1. The van der Waals surface area contributed by atoms with Crippen LogP contribution in [0.5, 0.6) is 0 Å². The predicted molar refractivity (Wildman–Crippen MR) is 99.8 cm³/mol. The van der Waals surface area contributed by atoms with E-state index >= 15 is 0 Å². The lowest BCUT2D eigenvalue weighted by Gasteiger charge is -2.29. The van der Waals surface area contributed by atoms with Crippen LogP contribution in [-0.4, -0.2) is 28.1 Å². The normalized spacial score (nSPS) is 18.1. The van der Waals surface area contributed by atoms with Crippen LogP contribution in [0.25, 0.3) is 0 Å². The molecule has 5 nitrogen and oxygen atoms in total. The molecule has 122 valence electrons. The van der Waals surface area contributed by atoms with Gasteiger partial charge in [0, 0.05) is 23.1 Å². The largest absolute Gasteiger partial charge is 0.350 e. The molecule has 1 atom stereocenters. The van der Waals surface area contributed by atoms with Crippen molar-refractivity contribution in [3.63, 3.8) is 0 Å². The van der Waals surface area contributed by atoms with Crippen molar-refractivity contribution in [3.8, 4) is 0 Å². The van der Waals surface area contributed by atoms with Gasteiger partial charge in [-0.15, -0.1) is 11.3 Å². The van der Waals surface area contributed by atoms with Gasteiger partial charge in [-0.1, -0.05) is 36.0 Å². The average Bonchev–Trinajstić information content (AvgIpc) is 3.29. The Labute approximate surface area is 148 Å². The van der Waals surface area contributed by atoms with Gasteiger partial charge in [-0.05, 0) is 17.5 Å². The third-order valence-electron chi connectivity index (χ3n) is 3.91. The van der Waals surface area contributed by atoms with E-state index in [1.807, 2.05) is 46.9 Å². The molecule has 0 fully saturated rings. The van der Waals surface area contributed by atoms with Crippen molar-refractivity contribution >= 4 is 46.1 Å². The lowest BCUT2D eigenvalue weighted by atomic mass is 10.0. The summed E-state index contributed by atoms with van der Waals surface area (Å²) in [6.07, 6.45) is 2.79. The molecular weight excluding hydrogens is 340 g/mol. The summed E-state index contributed by atoms with van der Waals surface area (Å²) in [4.78, 5) is 17.9. The Morgan fingerprint density at radius 2 is 2.25 bits per heavy atom. The van der Waals surface area contributed by atoms with Crippen LogP contribution in [0.2, 0.25) is 0 Å². The van der Waals surface area contributed by atoms with Crippen molar-refractivity contribution in [1.29, 1.82) is 0 Å². The van der Waals surface area contributed by atoms with E-state index in [4.69, 9.17) is 0 Å².